The third-order valence-electron chi connectivity index (χ3n) is 4.97. The molecule has 0 N–H and O–H groups in total. The highest BCUT2D eigenvalue weighted by Gasteiger charge is 2.42. The molecule has 0 saturated heterocycles. The summed E-state index contributed by atoms with van der Waals surface area (Å²) in [6.07, 6.45) is 4.65. The summed E-state index contributed by atoms with van der Waals surface area (Å²) in [5.41, 5.74) is 2.47. The normalized spacial score (nSPS) is 14.3. The Labute approximate surface area is 170 Å². The van der Waals surface area contributed by atoms with E-state index in [0.717, 1.165) is 10.9 Å². The van der Waals surface area contributed by atoms with Crippen LogP contribution >= 0.6 is 11.6 Å². The van der Waals surface area contributed by atoms with E-state index in [1.54, 1.807) is 30.5 Å². The molecular weight excluding hydrogens is 388 g/mol. The Morgan fingerprint density at radius 3 is 2.24 bits per heavy atom. The standard InChI is InChI=1S/C22H13ClN4O2/c23-20-18(25-10-11-26-20)19(14-8-7-13-4-3-9-24-17(13)12-14)27-21(28)15-5-1-2-6-16(15)22(27)29/h1-12,19H. The topological polar surface area (TPSA) is 76.1 Å². The van der Waals surface area contributed by atoms with Crippen LogP contribution in [0.25, 0.3) is 10.9 Å². The van der Waals surface area contributed by atoms with E-state index in [1.165, 1.54) is 17.3 Å². The number of nitrogens with zero attached hydrogens (tertiary/aromatic N) is 4. The van der Waals surface area contributed by atoms with Crippen molar-refractivity contribution >= 4 is 34.3 Å². The lowest BCUT2D eigenvalue weighted by atomic mass is 10.00. The second-order valence-corrected chi connectivity index (χ2v) is 6.97. The van der Waals surface area contributed by atoms with Crippen molar-refractivity contribution in [3.8, 4) is 0 Å². The number of benzene rings is 2. The third kappa shape index (κ3) is 2.77. The largest absolute Gasteiger partial charge is 0.269 e. The van der Waals surface area contributed by atoms with Crippen molar-refractivity contribution in [3.63, 3.8) is 0 Å². The van der Waals surface area contributed by atoms with Gasteiger partial charge in [0.1, 0.15) is 11.7 Å². The van der Waals surface area contributed by atoms with E-state index in [4.69, 9.17) is 11.6 Å². The molecule has 6 nitrogen and oxygen atoms in total. The van der Waals surface area contributed by atoms with E-state index >= 15 is 0 Å². The number of fused-ring (bicyclic) bond motifs is 2. The highest BCUT2D eigenvalue weighted by atomic mass is 35.5. The zero-order chi connectivity index (χ0) is 20.0. The number of hydrogen-bond acceptors (Lipinski definition) is 5. The van der Waals surface area contributed by atoms with Crippen molar-refractivity contribution in [3.05, 3.63) is 101 Å². The molecule has 1 unspecified atom stereocenters. The van der Waals surface area contributed by atoms with Gasteiger partial charge in [0.05, 0.1) is 16.6 Å². The van der Waals surface area contributed by atoms with Crippen molar-refractivity contribution in [1.82, 2.24) is 19.9 Å². The van der Waals surface area contributed by atoms with Gasteiger partial charge in [0.15, 0.2) is 5.15 Å². The Kier molecular flexibility index (Phi) is 4.07. The van der Waals surface area contributed by atoms with E-state index in [-0.39, 0.29) is 5.15 Å². The van der Waals surface area contributed by atoms with Crippen LogP contribution in [0.15, 0.2) is 73.2 Å². The average molecular weight is 401 g/mol. The summed E-state index contributed by atoms with van der Waals surface area (Å²) in [4.78, 5) is 40.4. The molecule has 1 aliphatic heterocycles. The Morgan fingerprint density at radius 2 is 1.52 bits per heavy atom. The number of amides is 2. The fraction of sp³-hybridized carbons (Fsp3) is 0.0455. The minimum atomic E-state index is -0.824. The number of imide groups is 1. The lowest BCUT2D eigenvalue weighted by Crippen LogP contribution is -2.35. The zero-order valence-corrected chi connectivity index (χ0v) is 15.7. The summed E-state index contributed by atoms with van der Waals surface area (Å²) >= 11 is 6.33. The highest BCUT2D eigenvalue weighted by molar-refractivity contribution is 6.30. The van der Waals surface area contributed by atoms with Crippen LogP contribution in [-0.4, -0.2) is 31.7 Å². The number of carbonyl (C=O) groups is 2. The molecule has 4 aromatic rings. The van der Waals surface area contributed by atoms with E-state index < -0.39 is 17.9 Å². The fourth-order valence-corrected chi connectivity index (χ4v) is 3.85. The minimum Gasteiger partial charge on any atom is -0.269 e. The van der Waals surface area contributed by atoms with Gasteiger partial charge in [0.2, 0.25) is 0 Å². The van der Waals surface area contributed by atoms with Crippen molar-refractivity contribution in [2.24, 2.45) is 0 Å². The van der Waals surface area contributed by atoms with Gasteiger partial charge >= 0.3 is 0 Å². The summed E-state index contributed by atoms with van der Waals surface area (Å²) < 4.78 is 0. The van der Waals surface area contributed by atoms with Gasteiger partial charge < -0.3 is 0 Å². The maximum absolute atomic E-state index is 13.2. The first-order valence-electron chi connectivity index (χ1n) is 8.93. The maximum atomic E-state index is 13.2. The zero-order valence-electron chi connectivity index (χ0n) is 15.0. The first-order chi connectivity index (χ1) is 14.1. The number of aromatic nitrogens is 3. The predicted molar refractivity (Wildman–Crippen MR) is 108 cm³/mol. The van der Waals surface area contributed by atoms with Crippen LogP contribution < -0.4 is 0 Å². The molecule has 0 aliphatic carbocycles. The van der Waals surface area contributed by atoms with Gasteiger partial charge in [-0.15, -0.1) is 0 Å². The molecule has 1 aliphatic rings. The molecular formula is C22H13ClN4O2. The molecule has 2 amide bonds. The molecule has 3 heterocycles. The Hall–Kier alpha value is -3.64. The SMILES string of the molecule is O=C1c2ccccc2C(=O)N1C(c1ccc2cccnc2c1)c1nccnc1Cl. The summed E-state index contributed by atoms with van der Waals surface area (Å²) in [6.45, 7) is 0. The maximum Gasteiger partial charge on any atom is 0.262 e. The van der Waals surface area contributed by atoms with Gasteiger partial charge in [-0.3, -0.25) is 24.5 Å². The lowest BCUT2D eigenvalue weighted by Gasteiger charge is -2.26. The van der Waals surface area contributed by atoms with Crippen molar-refractivity contribution in [2.75, 3.05) is 0 Å². The summed E-state index contributed by atoms with van der Waals surface area (Å²) in [5, 5.41) is 1.08. The van der Waals surface area contributed by atoms with Gasteiger partial charge in [-0.25, -0.2) is 4.98 Å². The first-order valence-corrected chi connectivity index (χ1v) is 9.31. The van der Waals surface area contributed by atoms with Crippen LogP contribution in [0, 0.1) is 0 Å². The summed E-state index contributed by atoms with van der Waals surface area (Å²) in [6, 6.07) is 15.3. The van der Waals surface area contributed by atoms with E-state index in [2.05, 4.69) is 15.0 Å². The third-order valence-corrected chi connectivity index (χ3v) is 5.26. The molecule has 0 bridgehead atoms. The van der Waals surface area contributed by atoms with Crippen LogP contribution in [0.3, 0.4) is 0 Å². The summed E-state index contributed by atoms with van der Waals surface area (Å²) in [5.74, 6) is -0.781. The average Bonchev–Trinajstić information content (AvgIpc) is 3.01. The highest BCUT2D eigenvalue weighted by Crippen LogP contribution is 2.37. The van der Waals surface area contributed by atoms with Gasteiger partial charge in [-0.2, -0.15) is 0 Å². The Balaban J connectivity index is 1.72. The number of pyridine rings is 1. The quantitative estimate of drug-likeness (QED) is 0.484. The van der Waals surface area contributed by atoms with Crippen LogP contribution in [0.2, 0.25) is 5.15 Å². The number of halogens is 1. The Morgan fingerprint density at radius 1 is 0.793 bits per heavy atom. The van der Waals surface area contributed by atoms with E-state index in [9.17, 15) is 9.59 Å². The molecule has 29 heavy (non-hydrogen) atoms. The molecule has 2 aromatic heterocycles. The van der Waals surface area contributed by atoms with Crippen LogP contribution in [0.1, 0.15) is 38.0 Å². The van der Waals surface area contributed by atoms with Crippen molar-refractivity contribution < 1.29 is 9.59 Å². The Bertz CT molecular complexity index is 1260. The van der Waals surface area contributed by atoms with Crippen LogP contribution in [0.5, 0.6) is 0 Å². The van der Waals surface area contributed by atoms with Crippen LogP contribution in [-0.2, 0) is 0 Å². The number of hydrogen-bond donors (Lipinski definition) is 0. The van der Waals surface area contributed by atoms with Gasteiger partial charge in [-0.05, 0) is 29.8 Å². The molecule has 7 heteroatoms. The first kappa shape index (κ1) is 17.5. The second-order valence-electron chi connectivity index (χ2n) is 6.62. The lowest BCUT2D eigenvalue weighted by molar-refractivity contribution is 0.0606. The van der Waals surface area contributed by atoms with Gasteiger partial charge in [0, 0.05) is 24.0 Å². The van der Waals surface area contributed by atoms with Gasteiger partial charge in [0.25, 0.3) is 11.8 Å². The fourth-order valence-electron chi connectivity index (χ4n) is 3.64. The van der Waals surface area contributed by atoms with E-state index in [0.29, 0.717) is 22.4 Å². The molecule has 140 valence electrons. The molecule has 0 spiro atoms. The molecule has 0 saturated carbocycles. The monoisotopic (exact) mass is 400 g/mol. The number of carbonyl (C=O) groups excluding carboxylic acids is 2. The molecule has 0 radical (unpaired) electrons. The van der Waals surface area contributed by atoms with Gasteiger partial charge in [-0.1, -0.05) is 41.9 Å². The molecule has 0 fully saturated rings. The van der Waals surface area contributed by atoms with Crippen LogP contribution in [0.4, 0.5) is 0 Å². The van der Waals surface area contributed by atoms with Crippen molar-refractivity contribution in [1.29, 1.82) is 0 Å². The molecule has 2 aromatic carbocycles. The molecule has 5 rings (SSSR count). The van der Waals surface area contributed by atoms with E-state index in [1.807, 2.05) is 30.3 Å². The number of rotatable bonds is 3. The predicted octanol–water partition coefficient (Wildman–Crippen LogP) is 4.06. The molecule has 1 atom stereocenters. The summed E-state index contributed by atoms with van der Waals surface area (Å²) in [7, 11) is 0. The second kappa shape index (κ2) is 6.76. The van der Waals surface area contributed by atoms with Crippen molar-refractivity contribution in [2.45, 2.75) is 6.04 Å². The minimum absolute atomic E-state index is 0.134. The smallest absolute Gasteiger partial charge is 0.262 e.